The average molecular weight is 608 g/mol. The normalized spacial score (nSPS) is 15.5. The van der Waals surface area contributed by atoms with Gasteiger partial charge in [0.05, 0.1) is 0 Å². The fraction of sp³-hybridized carbons (Fsp3) is 0.867. The van der Waals surface area contributed by atoms with Crippen LogP contribution in [0, 0.1) is 0 Å². The zero-order valence-electron chi connectivity index (χ0n) is 18.0. The molecule has 0 unspecified atom stereocenters. The van der Waals surface area contributed by atoms with Crippen molar-refractivity contribution in [3.8, 4) is 0 Å². The number of alkyl halides is 17. The number of carbonyl (C=O) groups excluding carboxylic acids is 2. The molecule has 0 aromatic heterocycles. The van der Waals surface area contributed by atoms with Crippen LogP contribution in [0.4, 0.5) is 74.6 Å². The van der Waals surface area contributed by atoms with Crippen LogP contribution in [0.2, 0.25) is 6.55 Å². The van der Waals surface area contributed by atoms with Gasteiger partial charge in [0.15, 0.2) is 0 Å². The third-order valence-electron chi connectivity index (χ3n) is 4.40. The molecule has 0 heterocycles. The first-order chi connectivity index (χ1) is 15.8. The number of rotatable bonds is 11. The van der Waals surface area contributed by atoms with Gasteiger partial charge in [-0.25, -0.2) is 0 Å². The van der Waals surface area contributed by atoms with Gasteiger partial charge in [-0.15, -0.1) is 0 Å². The summed E-state index contributed by atoms with van der Waals surface area (Å²) in [6.45, 7) is -0.295. The zero-order chi connectivity index (χ0) is 30.5. The van der Waals surface area contributed by atoms with Crippen molar-refractivity contribution in [2.24, 2.45) is 0 Å². The molecule has 0 amide bonds. The summed E-state index contributed by atoms with van der Waals surface area (Å²) < 4.78 is 237. The van der Waals surface area contributed by atoms with Crippen LogP contribution < -0.4 is 0 Å². The van der Waals surface area contributed by atoms with Gasteiger partial charge in [0.25, 0.3) is 11.9 Å². The monoisotopic (exact) mass is 608 g/mol. The topological polar surface area (TPSA) is 52.6 Å². The summed E-state index contributed by atoms with van der Waals surface area (Å²) in [4.78, 5) is 21.8. The fourth-order valence-electron chi connectivity index (χ4n) is 2.46. The first kappa shape index (κ1) is 35.0. The van der Waals surface area contributed by atoms with Gasteiger partial charge in [-0.1, -0.05) is 0 Å². The molecule has 0 aliphatic rings. The molecule has 22 heteroatoms. The van der Waals surface area contributed by atoms with E-state index in [1.54, 1.807) is 0 Å². The minimum atomic E-state index is -8.57. The van der Waals surface area contributed by atoms with Gasteiger partial charge < -0.3 is 8.85 Å². The molecule has 0 aliphatic heterocycles. The quantitative estimate of drug-likeness (QED) is 0.198. The van der Waals surface area contributed by atoms with Crippen LogP contribution in [-0.4, -0.2) is 67.8 Å². The maximum Gasteiger partial charge on any atom is 0.542 e. The fourth-order valence-corrected chi connectivity index (χ4v) is 4.58. The van der Waals surface area contributed by atoms with Crippen LogP contribution in [0.3, 0.4) is 0 Å². The Bertz CT molecular complexity index is 851. The molecule has 0 atom stereocenters. The molecule has 0 fully saturated rings. The molecular weight excluding hydrogens is 595 g/mol. The molecular formula is C15H13F17O4Si. The second-order valence-corrected chi connectivity index (χ2v) is 10.3. The lowest BCUT2D eigenvalue weighted by molar-refractivity contribution is -0.438. The Hall–Kier alpha value is -2.03. The van der Waals surface area contributed by atoms with E-state index in [4.69, 9.17) is 0 Å². The molecule has 37 heavy (non-hydrogen) atoms. The van der Waals surface area contributed by atoms with E-state index in [0.29, 0.717) is 0 Å². The predicted molar refractivity (Wildman–Crippen MR) is 85.1 cm³/mol. The standard InChI is InChI=1S/C15H13F17O4Si/c1-6(33)35-37(3,36-7(2)34)15(31,32)14(29,30)13(27,28)12(25,26)11(23,24)10(21,22)8(16,17)4-5-9(18,19)20/h4-5H2,1-3H3. The summed E-state index contributed by atoms with van der Waals surface area (Å²) in [5.41, 5.74) is -7.06. The van der Waals surface area contributed by atoms with Gasteiger partial charge in [-0.05, 0) is 0 Å². The highest BCUT2D eigenvalue weighted by Crippen LogP contribution is 2.63. The first-order valence-electron chi connectivity index (χ1n) is 8.89. The van der Waals surface area contributed by atoms with Crippen molar-refractivity contribution in [2.45, 2.75) is 80.5 Å². The van der Waals surface area contributed by atoms with E-state index in [-0.39, 0.29) is 13.8 Å². The summed E-state index contributed by atoms with van der Waals surface area (Å²) in [5.74, 6) is -52.6. The summed E-state index contributed by atoms with van der Waals surface area (Å²) >= 11 is 0. The van der Waals surface area contributed by atoms with Crippen LogP contribution >= 0.6 is 0 Å². The molecule has 0 rings (SSSR count). The number of halogens is 17. The Balaban J connectivity index is 6.91. The predicted octanol–water partition coefficient (Wildman–Crippen LogP) is 6.51. The third-order valence-corrected chi connectivity index (χ3v) is 7.21. The van der Waals surface area contributed by atoms with Crippen molar-refractivity contribution in [1.82, 2.24) is 0 Å². The molecule has 4 nitrogen and oxygen atoms in total. The van der Waals surface area contributed by atoms with Crippen molar-refractivity contribution >= 4 is 20.5 Å². The maximum absolute atomic E-state index is 14.4. The summed E-state index contributed by atoms with van der Waals surface area (Å²) in [7, 11) is -6.90. The lowest BCUT2D eigenvalue weighted by atomic mass is 9.90. The molecule has 0 aromatic carbocycles. The van der Waals surface area contributed by atoms with Gasteiger partial charge in [0.1, 0.15) is 0 Å². The van der Waals surface area contributed by atoms with Gasteiger partial charge in [0, 0.05) is 33.2 Å². The third kappa shape index (κ3) is 5.71. The van der Waals surface area contributed by atoms with Crippen molar-refractivity contribution in [1.29, 1.82) is 0 Å². The van der Waals surface area contributed by atoms with E-state index in [0.717, 1.165) is 0 Å². The highest BCUT2D eigenvalue weighted by atomic mass is 28.4. The van der Waals surface area contributed by atoms with E-state index in [1.807, 2.05) is 0 Å². The molecule has 0 bridgehead atoms. The summed E-state index contributed by atoms with van der Waals surface area (Å²) in [6.07, 6.45) is -12.4. The minimum absolute atomic E-state index is 0.105. The molecule has 0 aliphatic carbocycles. The Labute approximate surface area is 195 Å². The molecule has 0 saturated carbocycles. The van der Waals surface area contributed by atoms with Crippen LogP contribution in [0.15, 0.2) is 0 Å². The van der Waals surface area contributed by atoms with E-state index >= 15 is 0 Å². The molecule has 220 valence electrons. The Morgan fingerprint density at radius 3 is 1.14 bits per heavy atom. The van der Waals surface area contributed by atoms with Crippen LogP contribution in [0.5, 0.6) is 0 Å². The molecule has 0 saturated heterocycles. The number of hydrogen-bond acceptors (Lipinski definition) is 4. The largest absolute Gasteiger partial charge is 0.542 e. The molecule has 0 aromatic rings. The van der Waals surface area contributed by atoms with Crippen molar-refractivity contribution in [3.05, 3.63) is 0 Å². The smallest absolute Gasteiger partial charge is 0.482 e. The second-order valence-electron chi connectivity index (χ2n) is 7.40. The maximum atomic E-state index is 14.4. The number of hydrogen-bond donors (Lipinski definition) is 0. The van der Waals surface area contributed by atoms with Gasteiger partial charge in [-0.2, -0.15) is 74.6 Å². The van der Waals surface area contributed by atoms with Crippen LogP contribution in [0.1, 0.15) is 26.7 Å². The Kier molecular flexibility index (Phi) is 9.09. The van der Waals surface area contributed by atoms with Crippen LogP contribution in [0.25, 0.3) is 0 Å². The first-order valence-corrected chi connectivity index (χ1v) is 11.2. The minimum Gasteiger partial charge on any atom is -0.482 e. The lowest BCUT2D eigenvalue weighted by Crippen LogP contribution is -2.77. The van der Waals surface area contributed by atoms with E-state index in [1.165, 1.54) is 0 Å². The summed E-state index contributed by atoms with van der Waals surface area (Å²) in [6, 6.07) is 0. The van der Waals surface area contributed by atoms with Gasteiger partial charge in [0.2, 0.25) is 0 Å². The van der Waals surface area contributed by atoms with Crippen molar-refractivity contribution in [3.63, 3.8) is 0 Å². The second kappa shape index (κ2) is 9.61. The Morgan fingerprint density at radius 1 is 0.541 bits per heavy atom. The SMILES string of the molecule is CC(=O)O[Si](C)(OC(C)=O)C(F)(F)C(F)(F)C(F)(F)C(F)(F)C(F)(F)C(F)(F)C(F)(F)CCC(F)(F)F. The molecule has 0 spiro atoms. The van der Waals surface area contributed by atoms with E-state index < -0.39 is 87.1 Å². The highest BCUT2D eigenvalue weighted by molar-refractivity contribution is 6.71. The van der Waals surface area contributed by atoms with Gasteiger partial charge in [-0.3, -0.25) is 9.59 Å². The van der Waals surface area contributed by atoms with Crippen molar-refractivity contribution in [2.75, 3.05) is 0 Å². The van der Waals surface area contributed by atoms with Crippen LogP contribution in [-0.2, 0) is 18.4 Å². The average Bonchev–Trinajstić information content (AvgIpc) is 2.63. The number of carbonyl (C=O) groups is 2. The Morgan fingerprint density at radius 2 is 0.838 bits per heavy atom. The van der Waals surface area contributed by atoms with Gasteiger partial charge >= 0.3 is 55.8 Å². The molecule has 0 radical (unpaired) electrons. The highest BCUT2D eigenvalue weighted by Gasteiger charge is 2.95. The van der Waals surface area contributed by atoms with E-state index in [2.05, 4.69) is 8.85 Å². The summed E-state index contributed by atoms with van der Waals surface area (Å²) in [5, 5.41) is 0. The molecule has 0 N–H and O–H groups in total. The van der Waals surface area contributed by atoms with Crippen molar-refractivity contribution < 1.29 is 93.1 Å². The van der Waals surface area contributed by atoms with E-state index in [9.17, 15) is 84.2 Å². The zero-order valence-corrected chi connectivity index (χ0v) is 19.0. The lowest BCUT2D eigenvalue weighted by Gasteiger charge is -2.44.